The zero-order chi connectivity index (χ0) is 14.8. The molecular formula is C14H13N5O2. The molecule has 0 aliphatic carbocycles. The molecule has 0 radical (unpaired) electrons. The van der Waals surface area contributed by atoms with Crippen molar-refractivity contribution in [2.24, 2.45) is 0 Å². The van der Waals surface area contributed by atoms with Gasteiger partial charge in [0.1, 0.15) is 12.2 Å². The van der Waals surface area contributed by atoms with Crippen molar-refractivity contribution in [3.63, 3.8) is 0 Å². The molecule has 7 nitrogen and oxygen atoms in total. The second-order valence-electron chi connectivity index (χ2n) is 4.72. The number of nitrogens with zero attached hydrogens (tertiary/aromatic N) is 4. The summed E-state index contributed by atoms with van der Waals surface area (Å²) in [5.41, 5.74) is 3.59. The molecule has 7 heteroatoms. The van der Waals surface area contributed by atoms with Crippen LogP contribution in [0.3, 0.4) is 0 Å². The van der Waals surface area contributed by atoms with Gasteiger partial charge in [-0.2, -0.15) is 0 Å². The molecule has 3 aromatic rings. The van der Waals surface area contributed by atoms with Gasteiger partial charge in [0.2, 0.25) is 0 Å². The highest BCUT2D eigenvalue weighted by molar-refractivity contribution is 5.75. The van der Waals surface area contributed by atoms with Gasteiger partial charge >= 0.3 is 0 Å². The second-order valence-corrected chi connectivity index (χ2v) is 4.72. The highest BCUT2D eigenvalue weighted by Crippen LogP contribution is 2.18. The van der Waals surface area contributed by atoms with Crippen LogP contribution in [0.15, 0.2) is 42.5 Å². The summed E-state index contributed by atoms with van der Waals surface area (Å²) in [6.45, 7) is 2.39. The SMILES string of the molecule is Cc1ccc2c(c1)nnn2CNc1cccc([N+](=O)[O-])c1. The van der Waals surface area contributed by atoms with Crippen LogP contribution in [0.1, 0.15) is 5.56 Å². The molecule has 21 heavy (non-hydrogen) atoms. The molecular weight excluding hydrogens is 270 g/mol. The summed E-state index contributed by atoms with van der Waals surface area (Å²) < 4.78 is 1.72. The molecule has 0 aliphatic rings. The van der Waals surface area contributed by atoms with E-state index in [9.17, 15) is 10.1 Å². The molecule has 0 spiro atoms. The maximum absolute atomic E-state index is 10.7. The number of aryl methyl sites for hydroxylation is 1. The van der Waals surface area contributed by atoms with E-state index in [4.69, 9.17) is 0 Å². The van der Waals surface area contributed by atoms with Crippen LogP contribution >= 0.6 is 0 Å². The van der Waals surface area contributed by atoms with E-state index < -0.39 is 4.92 Å². The quantitative estimate of drug-likeness (QED) is 0.587. The van der Waals surface area contributed by atoms with Crippen LogP contribution in [0.2, 0.25) is 0 Å². The lowest BCUT2D eigenvalue weighted by Crippen LogP contribution is -2.09. The van der Waals surface area contributed by atoms with Gasteiger partial charge in [0.05, 0.1) is 10.4 Å². The summed E-state index contributed by atoms with van der Waals surface area (Å²) in [4.78, 5) is 10.3. The Labute approximate surface area is 120 Å². The van der Waals surface area contributed by atoms with Crippen molar-refractivity contribution in [1.82, 2.24) is 15.0 Å². The van der Waals surface area contributed by atoms with E-state index in [1.807, 2.05) is 25.1 Å². The van der Waals surface area contributed by atoms with Crippen LogP contribution in [0.4, 0.5) is 11.4 Å². The molecule has 0 amide bonds. The van der Waals surface area contributed by atoms with Crippen molar-refractivity contribution >= 4 is 22.4 Å². The molecule has 1 aromatic heterocycles. The number of fused-ring (bicyclic) bond motifs is 1. The van der Waals surface area contributed by atoms with E-state index in [-0.39, 0.29) is 5.69 Å². The Kier molecular flexibility index (Phi) is 3.23. The minimum absolute atomic E-state index is 0.0547. The number of hydrogen-bond donors (Lipinski definition) is 1. The zero-order valence-corrected chi connectivity index (χ0v) is 11.4. The van der Waals surface area contributed by atoms with Gasteiger partial charge in [-0.15, -0.1) is 5.10 Å². The van der Waals surface area contributed by atoms with Crippen molar-refractivity contribution in [1.29, 1.82) is 0 Å². The summed E-state index contributed by atoms with van der Waals surface area (Å²) in [5, 5.41) is 22.0. The van der Waals surface area contributed by atoms with Crippen molar-refractivity contribution in [3.8, 4) is 0 Å². The van der Waals surface area contributed by atoms with Crippen LogP contribution in [0, 0.1) is 17.0 Å². The fourth-order valence-corrected chi connectivity index (χ4v) is 2.09. The Morgan fingerprint density at radius 3 is 2.95 bits per heavy atom. The van der Waals surface area contributed by atoms with Crippen LogP contribution in [0.25, 0.3) is 11.0 Å². The Morgan fingerprint density at radius 1 is 1.29 bits per heavy atom. The number of nitrogens with one attached hydrogen (secondary N) is 1. The van der Waals surface area contributed by atoms with E-state index in [0.717, 1.165) is 16.6 Å². The minimum Gasteiger partial charge on any atom is -0.366 e. The van der Waals surface area contributed by atoms with Crippen LogP contribution in [-0.4, -0.2) is 19.9 Å². The predicted octanol–water partition coefficient (Wildman–Crippen LogP) is 2.72. The summed E-state index contributed by atoms with van der Waals surface area (Å²) >= 11 is 0. The molecule has 0 fully saturated rings. The molecule has 0 atom stereocenters. The van der Waals surface area contributed by atoms with Crippen molar-refractivity contribution in [2.75, 3.05) is 5.32 Å². The average molecular weight is 283 g/mol. The van der Waals surface area contributed by atoms with Gasteiger partial charge < -0.3 is 5.32 Å². The zero-order valence-electron chi connectivity index (χ0n) is 11.4. The Balaban J connectivity index is 1.80. The lowest BCUT2D eigenvalue weighted by molar-refractivity contribution is -0.384. The van der Waals surface area contributed by atoms with Crippen LogP contribution in [0.5, 0.6) is 0 Å². The first-order valence-corrected chi connectivity index (χ1v) is 6.42. The van der Waals surface area contributed by atoms with Gasteiger partial charge in [0, 0.05) is 17.8 Å². The molecule has 1 heterocycles. The molecule has 1 N–H and O–H groups in total. The molecule has 0 bridgehead atoms. The maximum atomic E-state index is 10.7. The fraction of sp³-hybridized carbons (Fsp3) is 0.143. The van der Waals surface area contributed by atoms with Gasteiger partial charge in [-0.25, -0.2) is 4.68 Å². The van der Waals surface area contributed by atoms with Gasteiger partial charge in [-0.05, 0) is 30.7 Å². The number of nitro groups is 1. The number of aromatic nitrogens is 3. The molecule has 3 rings (SSSR count). The Morgan fingerprint density at radius 2 is 2.14 bits per heavy atom. The standard InChI is InChI=1S/C14H13N5O2/c1-10-5-6-14-13(7-10)16-17-18(14)9-15-11-3-2-4-12(8-11)19(20)21/h2-8,15H,9H2,1H3. The Hall–Kier alpha value is -2.96. The number of nitro benzene ring substituents is 1. The topological polar surface area (TPSA) is 85.9 Å². The summed E-state index contributed by atoms with van der Waals surface area (Å²) in [6, 6.07) is 12.3. The van der Waals surface area contributed by atoms with Crippen molar-refractivity contribution in [3.05, 3.63) is 58.1 Å². The minimum atomic E-state index is -0.418. The number of hydrogen-bond acceptors (Lipinski definition) is 5. The van der Waals surface area contributed by atoms with Crippen molar-refractivity contribution in [2.45, 2.75) is 13.6 Å². The third-order valence-electron chi connectivity index (χ3n) is 3.16. The van der Waals surface area contributed by atoms with Crippen molar-refractivity contribution < 1.29 is 4.92 Å². The molecule has 0 aliphatic heterocycles. The summed E-state index contributed by atoms with van der Waals surface area (Å²) in [6.07, 6.45) is 0. The van der Waals surface area contributed by atoms with Gasteiger partial charge in [-0.3, -0.25) is 10.1 Å². The average Bonchev–Trinajstić information content (AvgIpc) is 2.87. The lowest BCUT2D eigenvalue weighted by Gasteiger charge is -2.06. The number of non-ortho nitro benzene ring substituents is 1. The first kappa shape index (κ1) is 13.0. The monoisotopic (exact) mass is 283 g/mol. The second kappa shape index (κ2) is 5.20. The predicted molar refractivity (Wildman–Crippen MR) is 79.0 cm³/mol. The number of benzene rings is 2. The highest BCUT2D eigenvalue weighted by Gasteiger charge is 2.07. The van der Waals surface area contributed by atoms with Crippen LogP contribution < -0.4 is 5.32 Å². The van der Waals surface area contributed by atoms with E-state index >= 15 is 0 Å². The smallest absolute Gasteiger partial charge is 0.271 e. The summed E-state index contributed by atoms with van der Waals surface area (Å²) in [5.74, 6) is 0. The normalized spacial score (nSPS) is 10.7. The third-order valence-corrected chi connectivity index (χ3v) is 3.16. The van der Waals surface area contributed by atoms with Gasteiger partial charge in [0.15, 0.2) is 0 Å². The fourth-order valence-electron chi connectivity index (χ4n) is 2.09. The number of rotatable bonds is 4. The van der Waals surface area contributed by atoms with E-state index in [2.05, 4.69) is 15.6 Å². The van der Waals surface area contributed by atoms with Crippen LogP contribution in [-0.2, 0) is 6.67 Å². The molecule has 0 unspecified atom stereocenters. The Bertz CT molecular complexity index is 812. The first-order chi connectivity index (χ1) is 10.1. The molecule has 2 aromatic carbocycles. The number of anilines is 1. The highest BCUT2D eigenvalue weighted by atomic mass is 16.6. The van der Waals surface area contributed by atoms with E-state index in [1.54, 1.807) is 16.8 Å². The lowest BCUT2D eigenvalue weighted by atomic mass is 10.2. The van der Waals surface area contributed by atoms with Gasteiger partial charge in [-0.1, -0.05) is 17.3 Å². The van der Waals surface area contributed by atoms with E-state index in [0.29, 0.717) is 12.4 Å². The molecule has 0 saturated heterocycles. The largest absolute Gasteiger partial charge is 0.366 e. The molecule has 106 valence electrons. The van der Waals surface area contributed by atoms with Gasteiger partial charge in [0.25, 0.3) is 5.69 Å². The molecule has 0 saturated carbocycles. The summed E-state index contributed by atoms with van der Waals surface area (Å²) in [7, 11) is 0. The van der Waals surface area contributed by atoms with E-state index in [1.165, 1.54) is 12.1 Å². The maximum Gasteiger partial charge on any atom is 0.271 e. The third kappa shape index (κ3) is 2.66. The first-order valence-electron chi connectivity index (χ1n) is 6.42.